The number of hydrogen-bond donors (Lipinski definition) is 0. The van der Waals surface area contributed by atoms with E-state index in [1.165, 1.54) is 5.56 Å². The van der Waals surface area contributed by atoms with Crippen LogP contribution < -0.4 is 10.6 Å². The molecule has 3 aromatic carbocycles. The van der Waals surface area contributed by atoms with Crippen LogP contribution in [0.3, 0.4) is 0 Å². The SMILES string of the molecule is CC(C)(C)SCC(C)(CC(c1ccccc1)C(C)(C)C)C(=O)OCCOP(c1ccccc1)c1ccccc1. The number of rotatable bonds is 12. The van der Waals surface area contributed by atoms with Gasteiger partial charge in [0, 0.05) is 21.1 Å². The molecule has 2 atom stereocenters. The van der Waals surface area contributed by atoms with E-state index in [1.54, 1.807) is 0 Å². The van der Waals surface area contributed by atoms with Gasteiger partial charge < -0.3 is 9.26 Å². The van der Waals surface area contributed by atoms with Crippen molar-refractivity contribution in [2.75, 3.05) is 19.0 Å². The lowest BCUT2D eigenvalue weighted by Gasteiger charge is -2.39. The van der Waals surface area contributed by atoms with Crippen LogP contribution in [0.4, 0.5) is 0 Å². The van der Waals surface area contributed by atoms with Crippen molar-refractivity contribution in [3.63, 3.8) is 0 Å². The number of benzene rings is 3. The van der Waals surface area contributed by atoms with Gasteiger partial charge in [0.1, 0.15) is 6.61 Å². The Hall–Kier alpha value is -2.13. The highest BCUT2D eigenvalue weighted by molar-refractivity contribution is 8.00. The van der Waals surface area contributed by atoms with E-state index in [9.17, 15) is 4.79 Å². The summed E-state index contributed by atoms with van der Waals surface area (Å²) < 4.78 is 12.4. The van der Waals surface area contributed by atoms with Crippen molar-refractivity contribution in [1.29, 1.82) is 0 Å². The van der Waals surface area contributed by atoms with Crippen LogP contribution in [0.5, 0.6) is 0 Å². The molecule has 0 radical (unpaired) electrons. The zero-order valence-corrected chi connectivity index (χ0v) is 26.4. The first kappa shape index (κ1) is 31.4. The van der Waals surface area contributed by atoms with Crippen LogP contribution in [-0.2, 0) is 14.1 Å². The van der Waals surface area contributed by atoms with Gasteiger partial charge >= 0.3 is 5.97 Å². The molecule has 0 heterocycles. The van der Waals surface area contributed by atoms with E-state index in [1.807, 2.05) is 54.2 Å². The molecule has 0 N–H and O–H groups in total. The molecule has 0 fully saturated rings. The summed E-state index contributed by atoms with van der Waals surface area (Å²) in [6, 6.07) is 31.2. The Bertz CT molecular complexity index is 1100. The molecule has 210 valence electrons. The topological polar surface area (TPSA) is 35.5 Å². The molecule has 0 saturated heterocycles. The summed E-state index contributed by atoms with van der Waals surface area (Å²) in [7, 11) is -0.987. The first-order valence-corrected chi connectivity index (χ1v) is 16.0. The number of carbonyl (C=O) groups excluding carboxylic acids is 1. The molecule has 3 rings (SSSR count). The molecular weight excluding hydrogens is 519 g/mol. The minimum absolute atomic E-state index is 0.000391. The van der Waals surface area contributed by atoms with Gasteiger partial charge in [0.05, 0.1) is 20.2 Å². The smallest absolute Gasteiger partial charge is 0.312 e. The average molecular weight is 565 g/mol. The standard InChI is InChI=1S/C34H45O3PS/c1-32(2,3)30(27-17-11-8-12-18-27)25-34(7,26-39-33(4,5)6)31(35)36-23-24-37-38(28-19-13-9-14-20-28)29-21-15-10-16-22-29/h8-22,30H,23-26H2,1-7H3. The molecule has 0 bridgehead atoms. The van der Waals surface area contributed by atoms with Crippen molar-refractivity contribution >= 4 is 36.5 Å². The highest BCUT2D eigenvalue weighted by Gasteiger charge is 2.42. The predicted octanol–water partition coefficient (Wildman–Crippen LogP) is 8.35. The van der Waals surface area contributed by atoms with E-state index in [4.69, 9.17) is 9.26 Å². The lowest BCUT2D eigenvalue weighted by atomic mass is 9.68. The first-order valence-electron chi connectivity index (χ1n) is 13.8. The quantitative estimate of drug-likeness (QED) is 0.126. The van der Waals surface area contributed by atoms with E-state index in [0.717, 1.165) is 17.0 Å². The molecule has 0 aliphatic heterocycles. The van der Waals surface area contributed by atoms with Crippen molar-refractivity contribution in [3.05, 3.63) is 96.6 Å². The molecular formula is C34H45O3PS. The van der Waals surface area contributed by atoms with E-state index >= 15 is 0 Å². The molecule has 5 heteroatoms. The van der Waals surface area contributed by atoms with Crippen LogP contribution in [-0.4, -0.2) is 29.7 Å². The zero-order valence-electron chi connectivity index (χ0n) is 24.6. The molecule has 0 amide bonds. The molecule has 2 unspecified atom stereocenters. The highest BCUT2D eigenvalue weighted by Crippen LogP contribution is 2.46. The Kier molecular flexibility index (Phi) is 11.2. The molecule has 0 saturated carbocycles. The average Bonchev–Trinajstić information content (AvgIpc) is 2.91. The molecule has 3 aromatic rings. The van der Waals surface area contributed by atoms with Crippen LogP contribution in [0.2, 0.25) is 0 Å². The van der Waals surface area contributed by atoms with Gasteiger partial charge in [0.15, 0.2) is 0 Å². The lowest BCUT2D eigenvalue weighted by molar-refractivity contribution is -0.155. The summed E-state index contributed by atoms with van der Waals surface area (Å²) in [4.78, 5) is 13.8. The number of hydrogen-bond acceptors (Lipinski definition) is 4. The molecule has 0 spiro atoms. The van der Waals surface area contributed by atoms with Crippen molar-refractivity contribution in [2.24, 2.45) is 10.8 Å². The Labute approximate surface area is 241 Å². The summed E-state index contributed by atoms with van der Waals surface area (Å²) in [6.07, 6.45) is 0.726. The second kappa shape index (κ2) is 14.0. The lowest BCUT2D eigenvalue weighted by Crippen LogP contribution is -2.38. The fraction of sp³-hybridized carbons (Fsp3) is 0.441. The largest absolute Gasteiger partial charge is 0.463 e. The summed E-state index contributed by atoms with van der Waals surface area (Å²) in [5, 5.41) is 2.29. The van der Waals surface area contributed by atoms with Gasteiger partial charge in [-0.2, -0.15) is 11.8 Å². The number of thioether (sulfide) groups is 1. The van der Waals surface area contributed by atoms with Gasteiger partial charge in [-0.25, -0.2) is 0 Å². The summed E-state index contributed by atoms with van der Waals surface area (Å²) in [6.45, 7) is 16.0. The van der Waals surface area contributed by atoms with Gasteiger partial charge in [-0.05, 0) is 30.2 Å². The van der Waals surface area contributed by atoms with E-state index in [2.05, 4.69) is 97.0 Å². The highest BCUT2D eigenvalue weighted by atomic mass is 32.2. The Morgan fingerprint density at radius 2 is 1.23 bits per heavy atom. The summed E-state index contributed by atoms with van der Waals surface area (Å²) >= 11 is 1.83. The minimum Gasteiger partial charge on any atom is -0.463 e. The third-order valence-electron chi connectivity index (χ3n) is 6.74. The number of esters is 1. The van der Waals surface area contributed by atoms with Gasteiger partial charge in [-0.1, -0.05) is 133 Å². The van der Waals surface area contributed by atoms with E-state index in [0.29, 0.717) is 12.4 Å². The van der Waals surface area contributed by atoms with E-state index < -0.39 is 13.6 Å². The van der Waals surface area contributed by atoms with Crippen LogP contribution in [0, 0.1) is 10.8 Å². The first-order chi connectivity index (χ1) is 18.4. The fourth-order valence-corrected chi connectivity index (χ4v) is 7.23. The predicted molar refractivity (Wildman–Crippen MR) is 170 cm³/mol. The third kappa shape index (κ3) is 9.78. The van der Waals surface area contributed by atoms with E-state index in [-0.39, 0.29) is 28.7 Å². The van der Waals surface area contributed by atoms with Crippen LogP contribution in [0.1, 0.15) is 66.4 Å². The zero-order chi connectivity index (χ0) is 28.5. The van der Waals surface area contributed by atoms with Gasteiger partial charge in [-0.3, -0.25) is 4.79 Å². The summed E-state index contributed by atoms with van der Waals surface area (Å²) in [5.74, 6) is 0.782. The number of carbonyl (C=O) groups is 1. The molecule has 0 aliphatic rings. The minimum atomic E-state index is -0.987. The molecule has 39 heavy (non-hydrogen) atoms. The van der Waals surface area contributed by atoms with Gasteiger partial charge in [0.2, 0.25) is 0 Å². The number of ether oxygens (including phenoxy) is 1. The third-order valence-corrected chi connectivity index (χ3v) is 10.4. The Morgan fingerprint density at radius 1 is 0.744 bits per heavy atom. The maximum Gasteiger partial charge on any atom is 0.312 e. The van der Waals surface area contributed by atoms with Crippen LogP contribution in [0.25, 0.3) is 0 Å². The molecule has 0 aliphatic carbocycles. The van der Waals surface area contributed by atoms with Crippen LogP contribution >= 0.6 is 19.9 Å². The van der Waals surface area contributed by atoms with Gasteiger partial charge in [0.25, 0.3) is 0 Å². The fourth-order valence-electron chi connectivity index (χ4n) is 4.50. The second-order valence-corrected chi connectivity index (χ2v) is 16.1. The van der Waals surface area contributed by atoms with Crippen molar-refractivity contribution in [2.45, 2.75) is 65.6 Å². The maximum atomic E-state index is 13.8. The normalized spacial score (nSPS) is 14.6. The molecule has 0 aromatic heterocycles. The Balaban J connectivity index is 1.73. The van der Waals surface area contributed by atoms with Gasteiger partial charge in [-0.15, -0.1) is 0 Å². The maximum absolute atomic E-state index is 13.8. The second-order valence-electron chi connectivity index (χ2n) is 12.4. The monoisotopic (exact) mass is 564 g/mol. The van der Waals surface area contributed by atoms with Crippen molar-refractivity contribution in [1.82, 2.24) is 0 Å². The van der Waals surface area contributed by atoms with Crippen LogP contribution in [0.15, 0.2) is 91.0 Å². The van der Waals surface area contributed by atoms with Crippen molar-refractivity contribution in [3.8, 4) is 0 Å². The summed E-state index contributed by atoms with van der Waals surface area (Å²) in [5.41, 5.74) is 0.638. The van der Waals surface area contributed by atoms with Crippen molar-refractivity contribution < 1.29 is 14.1 Å². The Morgan fingerprint density at radius 3 is 1.69 bits per heavy atom. The molecule has 3 nitrogen and oxygen atoms in total.